The smallest absolute Gasteiger partial charge is 0.310 e. The molecule has 1 rings (SSSR count). The SMILES string of the molecule is CCCCC[C@@H](O)/C=C/[C@@H]1[C@H](C/C=C\CC(=O)O[C@@H](CO)COC(=O)CCCCCCCCCCCCCCCC(C)C)[C@@H](O)C[C@H]1O. The third kappa shape index (κ3) is 22.8. The Morgan fingerprint density at radius 3 is 1.94 bits per heavy atom. The van der Waals surface area contributed by atoms with E-state index in [0.717, 1.165) is 44.4 Å². The van der Waals surface area contributed by atoms with Crippen molar-refractivity contribution < 1.29 is 39.5 Å². The molecule has 1 fully saturated rings. The van der Waals surface area contributed by atoms with Crippen LogP contribution in [0.4, 0.5) is 0 Å². The van der Waals surface area contributed by atoms with Crippen LogP contribution in [0, 0.1) is 17.8 Å². The Morgan fingerprint density at radius 2 is 1.35 bits per heavy atom. The van der Waals surface area contributed by atoms with Crippen LogP contribution in [0.15, 0.2) is 24.3 Å². The average molecular weight is 681 g/mol. The van der Waals surface area contributed by atoms with Gasteiger partial charge in [-0.15, -0.1) is 0 Å². The molecule has 0 aromatic rings. The number of rotatable bonds is 30. The lowest BCUT2D eigenvalue weighted by molar-refractivity contribution is -0.160. The lowest BCUT2D eigenvalue weighted by Gasteiger charge is -2.19. The maximum atomic E-state index is 12.3. The molecule has 0 saturated heterocycles. The largest absolute Gasteiger partial charge is 0.462 e. The average Bonchev–Trinajstić information content (AvgIpc) is 3.32. The van der Waals surface area contributed by atoms with Gasteiger partial charge in [-0.25, -0.2) is 0 Å². The van der Waals surface area contributed by atoms with Gasteiger partial charge in [0.15, 0.2) is 6.10 Å². The van der Waals surface area contributed by atoms with Crippen LogP contribution < -0.4 is 0 Å². The van der Waals surface area contributed by atoms with E-state index in [1.165, 1.54) is 70.6 Å². The predicted octanol–water partition coefficient (Wildman–Crippen LogP) is 8.13. The highest BCUT2D eigenvalue weighted by Crippen LogP contribution is 2.36. The Balaban J connectivity index is 2.14. The van der Waals surface area contributed by atoms with Gasteiger partial charge in [-0.05, 0) is 31.1 Å². The van der Waals surface area contributed by atoms with Crippen LogP contribution in [0.5, 0.6) is 0 Å². The summed E-state index contributed by atoms with van der Waals surface area (Å²) in [5.41, 5.74) is 0. The second kappa shape index (κ2) is 29.0. The summed E-state index contributed by atoms with van der Waals surface area (Å²) in [6, 6.07) is 0. The van der Waals surface area contributed by atoms with Crippen LogP contribution in [0.25, 0.3) is 0 Å². The Kier molecular flexibility index (Phi) is 26.8. The second-order valence-electron chi connectivity index (χ2n) is 14.5. The van der Waals surface area contributed by atoms with Gasteiger partial charge in [-0.2, -0.15) is 0 Å². The van der Waals surface area contributed by atoms with E-state index in [9.17, 15) is 30.0 Å². The molecule has 1 saturated carbocycles. The van der Waals surface area contributed by atoms with Crippen molar-refractivity contribution in [2.45, 2.75) is 186 Å². The molecule has 280 valence electrons. The highest BCUT2D eigenvalue weighted by molar-refractivity contribution is 5.71. The molecule has 48 heavy (non-hydrogen) atoms. The lowest BCUT2D eigenvalue weighted by Crippen LogP contribution is -2.28. The molecule has 1 aliphatic carbocycles. The quantitative estimate of drug-likeness (QED) is 0.0340. The third-order valence-electron chi connectivity index (χ3n) is 9.53. The fraction of sp³-hybridized carbons (Fsp3) is 0.850. The molecule has 0 aromatic heterocycles. The van der Waals surface area contributed by atoms with Gasteiger partial charge in [0, 0.05) is 18.8 Å². The number of carbonyl (C=O) groups excluding carboxylic acids is 2. The Bertz CT molecular complexity index is 856. The number of hydrogen-bond donors (Lipinski definition) is 4. The molecule has 1 aliphatic rings. The zero-order valence-corrected chi connectivity index (χ0v) is 30.7. The molecule has 0 aromatic carbocycles. The van der Waals surface area contributed by atoms with E-state index in [1.807, 2.05) is 6.08 Å². The van der Waals surface area contributed by atoms with E-state index in [-0.39, 0.29) is 37.3 Å². The summed E-state index contributed by atoms with van der Waals surface area (Å²) in [7, 11) is 0. The van der Waals surface area contributed by atoms with Gasteiger partial charge in [0.05, 0.1) is 31.3 Å². The first-order chi connectivity index (χ1) is 23.2. The molecule has 4 N–H and O–H groups in total. The molecule has 0 bridgehead atoms. The number of esters is 2. The summed E-state index contributed by atoms with van der Waals surface area (Å²) < 4.78 is 10.5. The van der Waals surface area contributed by atoms with Crippen molar-refractivity contribution in [3.8, 4) is 0 Å². The van der Waals surface area contributed by atoms with Crippen molar-refractivity contribution in [3.05, 3.63) is 24.3 Å². The summed E-state index contributed by atoms with van der Waals surface area (Å²) >= 11 is 0. The van der Waals surface area contributed by atoms with Crippen molar-refractivity contribution in [1.29, 1.82) is 0 Å². The van der Waals surface area contributed by atoms with Gasteiger partial charge < -0.3 is 29.9 Å². The Hall–Kier alpha value is -1.74. The highest BCUT2D eigenvalue weighted by Gasteiger charge is 2.39. The van der Waals surface area contributed by atoms with Crippen LogP contribution in [0.1, 0.15) is 162 Å². The minimum Gasteiger partial charge on any atom is -0.462 e. The van der Waals surface area contributed by atoms with Gasteiger partial charge >= 0.3 is 11.9 Å². The van der Waals surface area contributed by atoms with E-state index >= 15 is 0 Å². The van der Waals surface area contributed by atoms with Crippen molar-refractivity contribution in [3.63, 3.8) is 0 Å². The summed E-state index contributed by atoms with van der Waals surface area (Å²) in [5, 5.41) is 40.7. The fourth-order valence-electron chi connectivity index (χ4n) is 6.48. The van der Waals surface area contributed by atoms with Crippen molar-refractivity contribution in [2.75, 3.05) is 13.2 Å². The summed E-state index contributed by atoms with van der Waals surface area (Å²) in [6.45, 7) is 6.10. The van der Waals surface area contributed by atoms with Gasteiger partial charge in [-0.1, -0.05) is 148 Å². The first kappa shape index (κ1) is 44.3. The van der Waals surface area contributed by atoms with E-state index in [4.69, 9.17) is 9.47 Å². The van der Waals surface area contributed by atoms with E-state index < -0.39 is 37.0 Å². The zero-order chi connectivity index (χ0) is 35.4. The molecular formula is C40H72O8. The van der Waals surface area contributed by atoms with Gasteiger partial charge in [-0.3, -0.25) is 9.59 Å². The molecule has 8 heteroatoms. The van der Waals surface area contributed by atoms with Crippen LogP contribution in [-0.4, -0.2) is 70.0 Å². The topological polar surface area (TPSA) is 134 Å². The number of aliphatic hydroxyl groups excluding tert-OH is 4. The molecular weight excluding hydrogens is 608 g/mol. The molecule has 0 amide bonds. The van der Waals surface area contributed by atoms with Gasteiger partial charge in [0.25, 0.3) is 0 Å². The van der Waals surface area contributed by atoms with E-state index in [2.05, 4.69) is 20.8 Å². The Morgan fingerprint density at radius 1 is 0.771 bits per heavy atom. The summed E-state index contributed by atoms with van der Waals surface area (Å²) in [4.78, 5) is 24.4. The van der Waals surface area contributed by atoms with Gasteiger partial charge in [0.1, 0.15) is 6.61 Å². The number of ether oxygens (including phenoxy) is 2. The summed E-state index contributed by atoms with van der Waals surface area (Å²) in [6.07, 6.45) is 26.5. The molecule has 8 nitrogen and oxygen atoms in total. The maximum Gasteiger partial charge on any atom is 0.310 e. The third-order valence-corrected chi connectivity index (χ3v) is 9.53. The Labute approximate surface area is 292 Å². The van der Waals surface area contributed by atoms with Crippen LogP contribution in [-0.2, 0) is 19.1 Å². The van der Waals surface area contributed by atoms with E-state index in [1.54, 1.807) is 18.2 Å². The molecule has 0 heterocycles. The van der Waals surface area contributed by atoms with Crippen molar-refractivity contribution in [1.82, 2.24) is 0 Å². The van der Waals surface area contributed by atoms with Crippen molar-refractivity contribution in [2.24, 2.45) is 17.8 Å². The normalized spacial score (nSPS) is 21.0. The lowest BCUT2D eigenvalue weighted by atomic mass is 9.89. The number of unbranched alkanes of at least 4 members (excludes halogenated alkanes) is 14. The van der Waals surface area contributed by atoms with Crippen LogP contribution >= 0.6 is 0 Å². The van der Waals surface area contributed by atoms with Crippen LogP contribution in [0.2, 0.25) is 0 Å². The second-order valence-corrected chi connectivity index (χ2v) is 14.5. The zero-order valence-electron chi connectivity index (χ0n) is 30.7. The molecule has 0 unspecified atom stereocenters. The molecule has 6 atom stereocenters. The molecule has 0 aliphatic heterocycles. The predicted molar refractivity (Wildman–Crippen MR) is 193 cm³/mol. The minimum absolute atomic E-state index is 0.0228. The monoisotopic (exact) mass is 681 g/mol. The minimum atomic E-state index is -0.912. The van der Waals surface area contributed by atoms with Crippen LogP contribution in [0.3, 0.4) is 0 Å². The fourth-order valence-corrected chi connectivity index (χ4v) is 6.48. The first-order valence-corrected chi connectivity index (χ1v) is 19.5. The van der Waals surface area contributed by atoms with E-state index in [0.29, 0.717) is 19.3 Å². The molecule has 0 radical (unpaired) electrons. The number of hydrogen-bond acceptors (Lipinski definition) is 8. The maximum absolute atomic E-state index is 12.3. The highest BCUT2D eigenvalue weighted by atomic mass is 16.6. The number of aliphatic hydroxyl groups is 4. The number of carbonyl (C=O) groups is 2. The van der Waals surface area contributed by atoms with Gasteiger partial charge in [0.2, 0.25) is 0 Å². The first-order valence-electron chi connectivity index (χ1n) is 19.5. The number of allylic oxidation sites excluding steroid dienone is 1. The summed E-state index contributed by atoms with van der Waals surface area (Å²) in [5.74, 6) is -0.550. The standard InChI is InChI=1S/C40H72O8/c1-4-5-17-23-33(42)27-28-36-35(37(43)29-38(36)44)24-20-21-26-40(46)48-34(30-41)31-47-39(45)25-19-16-14-12-10-8-6-7-9-11-13-15-18-22-32(2)3/h20-21,27-28,32-38,41-44H,4-19,22-26,29-31H2,1-3H3/b21-20-,28-27+/t33-,34+,35+,36-,37+,38-/m1/s1. The molecule has 0 spiro atoms. The van der Waals surface area contributed by atoms with Crippen molar-refractivity contribution >= 4 is 11.9 Å².